The maximum atomic E-state index is 10.6. The summed E-state index contributed by atoms with van der Waals surface area (Å²) in [4.78, 5) is 10.6. The van der Waals surface area contributed by atoms with Gasteiger partial charge in [-0.2, -0.15) is 0 Å². The van der Waals surface area contributed by atoms with E-state index in [1.54, 1.807) is 24.3 Å². The zero-order valence-corrected chi connectivity index (χ0v) is 9.23. The van der Waals surface area contributed by atoms with Crippen molar-refractivity contribution >= 4 is 21.9 Å². The van der Waals surface area contributed by atoms with Gasteiger partial charge in [0.25, 0.3) is 0 Å². The Labute approximate surface area is 90.5 Å². The molecular weight excluding hydrogens is 248 g/mol. The summed E-state index contributed by atoms with van der Waals surface area (Å²) in [5.74, 6) is -1.79. The maximum Gasteiger partial charge on any atom is 0.309 e. The first-order valence-corrected chi connectivity index (χ1v) is 4.98. The molecule has 3 nitrogen and oxygen atoms in total. The second-order valence-corrected chi connectivity index (χ2v) is 4.04. The van der Waals surface area contributed by atoms with E-state index in [4.69, 9.17) is 5.11 Å². The molecule has 1 rings (SSSR count). The summed E-state index contributed by atoms with van der Waals surface area (Å²) in [6.07, 6.45) is -0.958. The molecule has 4 heteroatoms. The van der Waals surface area contributed by atoms with E-state index in [2.05, 4.69) is 15.9 Å². The lowest BCUT2D eigenvalue weighted by molar-refractivity contribution is -0.145. The highest BCUT2D eigenvalue weighted by Gasteiger charge is 2.22. The molecule has 2 unspecified atom stereocenters. The first-order chi connectivity index (χ1) is 6.52. The molecule has 0 spiro atoms. The van der Waals surface area contributed by atoms with Gasteiger partial charge in [-0.1, -0.05) is 28.1 Å². The van der Waals surface area contributed by atoms with Gasteiger partial charge in [0.1, 0.15) is 0 Å². The Morgan fingerprint density at radius 2 is 1.86 bits per heavy atom. The average molecular weight is 259 g/mol. The Morgan fingerprint density at radius 3 is 2.29 bits per heavy atom. The van der Waals surface area contributed by atoms with Crippen LogP contribution in [0.3, 0.4) is 0 Å². The first-order valence-electron chi connectivity index (χ1n) is 4.18. The monoisotopic (exact) mass is 258 g/mol. The highest BCUT2D eigenvalue weighted by molar-refractivity contribution is 9.10. The summed E-state index contributed by atoms with van der Waals surface area (Å²) < 4.78 is 0.899. The predicted molar refractivity (Wildman–Crippen MR) is 55.9 cm³/mol. The molecule has 2 atom stereocenters. The quantitative estimate of drug-likeness (QED) is 0.874. The summed E-state index contributed by atoms with van der Waals surface area (Å²) in [6.45, 7) is 1.48. The van der Waals surface area contributed by atoms with Crippen molar-refractivity contribution in [1.29, 1.82) is 0 Å². The van der Waals surface area contributed by atoms with Gasteiger partial charge in [0.2, 0.25) is 0 Å². The minimum atomic E-state index is -1.000. The summed E-state index contributed by atoms with van der Waals surface area (Å²) >= 11 is 3.26. The second-order valence-electron chi connectivity index (χ2n) is 3.12. The molecule has 0 fully saturated rings. The van der Waals surface area contributed by atoms with Gasteiger partial charge in [-0.15, -0.1) is 0 Å². The number of carboxylic acids is 1. The lowest BCUT2D eigenvalue weighted by Gasteiger charge is -2.14. The Bertz CT molecular complexity index is 321. The number of carboxylic acid groups (broad SMARTS) is 1. The van der Waals surface area contributed by atoms with E-state index in [-0.39, 0.29) is 0 Å². The summed E-state index contributed by atoms with van der Waals surface area (Å²) in [6, 6.07) is 6.95. The standard InChI is InChI=1S/C10H11BrO3/c1-6(10(13)14)9(12)7-2-4-8(11)5-3-7/h2-6,9,12H,1H3,(H,13,14). The molecule has 0 aromatic heterocycles. The molecule has 1 aromatic carbocycles. The van der Waals surface area contributed by atoms with Crippen LogP contribution < -0.4 is 0 Å². The molecule has 14 heavy (non-hydrogen) atoms. The lowest BCUT2D eigenvalue weighted by atomic mass is 9.98. The fraction of sp³-hybridized carbons (Fsp3) is 0.300. The fourth-order valence-electron chi connectivity index (χ4n) is 1.08. The van der Waals surface area contributed by atoms with Gasteiger partial charge in [-0.05, 0) is 24.6 Å². The van der Waals surface area contributed by atoms with Crippen LogP contribution in [-0.2, 0) is 4.79 Å². The molecule has 0 saturated heterocycles. The zero-order chi connectivity index (χ0) is 10.7. The Kier molecular flexibility index (Phi) is 3.66. The van der Waals surface area contributed by atoms with Crippen molar-refractivity contribution < 1.29 is 15.0 Å². The molecule has 1 aromatic rings. The van der Waals surface area contributed by atoms with Crippen LogP contribution in [-0.4, -0.2) is 16.2 Å². The van der Waals surface area contributed by atoms with E-state index in [9.17, 15) is 9.90 Å². The van der Waals surface area contributed by atoms with Crippen LogP contribution >= 0.6 is 15.9 Å². The van der Waals surface area contributed by atoms with Crippen molar-refractivity contribution in [2.24, 2.45) is 5.92 Å². The molecule has 2 N–H and O–H groups in total. The third-order valence-electron chi connectivity index (χ3n) is 2.07. The Morgan fingerprint density at radius 1 is 1.36 bits per heavy atom. The van der Waals surface area contributed by atoms with Gasteiger partial charge in [-0.3, -0.25) is 4.79 Å². The van der Waals surface area contributed by atoms with Crippen molar-refractivity contribution in [2.75, 3.05) is 0 Å². The third-order valence-corrected chi connectivity index (χ3v) is 2.60. The lowest BCUT2D eigenvalue weighted by Crippen LogP contribution is -2.18. The number of hydrogen-bond acceptors (Lipinski definition) is 2. The SMILES string of the molecule is CC(C(=O)O)C(O)c1ccc(Br)cc1. The van der Waals surface area contributed by atoms with Gasteiger partial charge < -0.3 is 10.2 Å². The van der Waals surface area contributed by atoms with Gasteiger partial charge in [-0.25, -0.2) is 0 Å². The van der Waals surface area contributed by atoms with Crippen molar-refractivity contribution in [2.45, 2.75) is 13.0 Å². The van der Waals surface area contributed by atoms with Crippen molar-refractivity contribution in [3.63, 3.8) is 0 Å². The second kappa shape index (κ2) is 4.57. The van der Waals surface area contributed by atoms with Crippen molar-refractivity contribution in [1.82, 2.24) is 0 Å². The summed E-state index contributed by atoms with van der Waals surface area (Å²) in [7, 11) is 0. The number of aliphatic carboxylic acids is 1. The van der Waals surface area contributed by atoms with Gasteiger partial charge >= 0.3 is 5.97 Å². The van der Waals surface area contributed by atoms with Crippen LogP contribution in [0.1, 0.15) is 18.6 Å². The average Bonchev–Trinajstić information content (AvgIpc) is 2.16. The van der Waals surface area contributed by atoms with Crippen LogP contribution in [0.5, 0.6) is 0 Å². The first kappa shape index (κ1) is 11.2. The summed E-state index contributed by atoms with van der Waals surface area (Å²) in [5.41, 5.74) is 0.614. The number of benzene rings is 1. The number of aliphatic hydroxyl groups is 1. The van der Waals surface area contributed by atoms with E-state index in [1.165, 1.54) is 6.92 Å². The van der Waals surface area contributed by atoms with Gasteiger partial charge in [0, 0.05) is 4.47 Å². The molecular formula is C10H11BrO3. The highest BCUT2D eigenvalue weighted by Crippen LogP contribution is 2.23. The topological polar surface area (TPSA) is 57.5 Å². The molecule has 0 radical (unpaired) electrons. The van der Waals surface area contributed by atoms with E-state index in [0.29, 0.717) is 5.56 Å². The maximum absolute atomic E-state index is 10.6. The molecule has 0 aliphatic carbocycles. The minimum Gasteiger partial charge on any atom is -0.481 e. The third kappa shape index (κ3) is 2.56. The normalized spacial score (nSPS) is 14.8. The van der Waals surface area contributed by atoms with Gasteiger partial charge in [0.15, 0.2) is 0 Å². The largest absolute Gasteiger partial charge is 0.481 e. The van der Waals surface area contributed by atoms with Crippen LogP contribution in [0.25, 0.3) is 0 Å². The van der Waals surface area contributed by atoms with Crippen LogP contribution in [0.15, 0.2) is 28.7 Å². The van der Waals surface area contributed by atoms with E-state index < -0.39 is 18.0 Å². The predicted octanol–water partition coefficient (Wildman–Crippen LogP) is 2.20. The van der Waals surface area contributed by atoms with E-state index in [0.717, 1.165) is 4.47 Å². The van der Waals surface area contributed by atoms with Gasteiger partial charge in [0.05, 0.1) is 12.0 Å². The number of rotatable bonds is 3. The number of hydrogen-bond donors (Lipinski definition) is 2. The molecule has 0 aliphatic rings. The van der Waals surface area contributed by atoms with Crippen LogP contribution in [0.2, 0.25) is 0 Å². The van der Waals surface area contributed by atoms with E-state index in [1.807, 2.05) is 0 Å². The number of halogens is 1. The number of aliphatic hydroxyl groups excluding tert-OH is 1. The fourth-order valence-corrected chi connectivity index (χ4v) is 1.35. The molecule has 0 aliphatic heterocycles. The molecule has 0 bridgehead atoms. The summed E-state index contributed by atoms with van der Waals surface area (Å²) in [5, 5.41) is 18.4. The van der Waals surface area contributed by atoms with Crippen LogP contribution in [0.4, 0.5) is 0 Å². The molecule has 0 heterocycles. The Balaban J connectivity index is 2.84. The smallest absolute Gasteiger partial charge is 0.309 e. The zero-order valence-electron chi connectivity index (χ0n) is 7.64. The molecule has 0 amide bonds. The van der Waals surface area contributed by atoms with Crippen LogP contribution in [0, 0.1) is 5.92 Å². The van der Waals surface area contributed by atoms with E-state index >= 15 is 0 Å². The minimum absolute atomic E-state index is 0.614. The highest BCUT2D eigenvalue weighted by atomic mass is 79.9. The van der Waals surface area contributed by atoms with Crippen molar-refractivity contribution in [3.8, 4) is 0 Å². The molecule has 76 valence electrons. The molecule has 0 saturated carbocycles. The van der Waals surface area contributed by atoms with Crippen molar-refractivity contribution in [3.05, 3.63) is 34.3 Å². The number of carbonyl (C=O) groups is 1. The Hall–Kier alpha value is -0.870.